The Morgan fingerprint density at radius 2 is 1.91 bits per heavy atom. The van der Waals surface area contributed by atoms with E-state index in [2.05, 4.69) is 30.7 Å². The van der Waals surface area contributed by atoms with Gasteiger partial charge in [-0.3, -0.25) is 4.79 Å². The van der Waals surface area contributed by atoms with Gasteiger partial charge in [0.1, 0.15) is 0 Å². The Labute approximate surface area is 139 Å². The summed E-state index contributed by atoms with van der Waals surface area (Å²) >= 11 is 0. The van der Waals surface area contributed by atoms with E-state index in [9.17, 15) is 4.79 Å². The molecule has 2 heterocycles. The smallest absolute Gasteiger partial charge is 0.253 e. The van der Waals surface area contributed by atoms with E-state index in [1.54, 1.807) is 0 Å². The van der Waals surface area contributed by atoms with Gasteiger partial charge in [-0.1, -0.05) is 6.92 Å². The van der Waals surface area contributed by atoms with Crippen LogP contribution in [0.15, 0.2) is 6.07 Å². The van der Waals surface area contributed by atoms with Crippen molar-refractivity contribution in [2.45, 2.75) is 59.8 Å². The second kappa shape index (κ2) is 7.05. The lowest BCUT2D eigenvalue weighted by atomic mass is 10.0. The first kappa shape index (κ1) is 18.0. The van der Waals surface area contributed by atoms with E-state index < -0.39 is 5.79 Å². The van der Waals surface area contributed by atoms with Crippen molar-refractivity contribution >= 4 is 5.91 Å². The number of amides is 1. The summed E-state index contributed by atoms with van der Waals surface area (Å²) in [5, 5.41) is 3.05. The molecule has 1 fully saturated rings. The molecule has 2 rings (SSSR count). The van der Waals surface area contributed by atoms with Gasteiger partial charge in [0.2, 0.25) is 0 Å². The Hall–Kier alpha value is -1.33. The van der Waals surface area contributed by atoms with Gasteiger partial charge in [0.05, 0.1) is 18.8 Å². The molecule has 5 heteroatoms. The average Bonchev–Trinajstić information content (AvgIpc) is 3.00. The zero-order chi connectivity index (χ0) is 17.2. The van der Waals surface area contributed by atoms with E-state index in [1.807, 2.05) is 26.8 Å². The molecule has 1 aliphatic rings. The quantitative estimate of drug-likeness (QED) is 0.875. The molecule has 0 unspecified atom stereocenters. The van der Waals surface area contributed by atoms with Crippen molar-refractivity contribution in [2.24, 2.45) is 5.92 Å². The van der Waals surface area contributed by atoms with Crippen LogP contribution < -0.4 is 5.32 Å². The minimum atomic E-state index is -0.502. The minimum Gasteiger partial charge on any atom is -0.352 e. The van der Waals surface area contributed by atoms with Gasteiger partial charge in [0.25, 0.3) is 5.91 Å². The van der Waals surface area contributed by atoms with Crippen LogP contribution in [0.25, 0.3) is 0 Å². The standard InChI is InChI=1S/C18H30N2O3/c1-12(2)20-14(4)9-16(15(20)5)17(21)19-11-13(3)10-18(6)22-7-8-23-18/h9,12-13H,7-8,10-11H2,1-6H3,(H,19,21)/t13-/m0/s1. The number of aryl methyl sites for hydroxylation is 1. The second-order valence-electron chi connectivity index (χ2n) is 7.10. The SMILES string of the molecule is Cc1cc(C(=O)NC[C@@H](C)CC2(C)OCCO2)c(C)n1C(C)C. The van der Waals surface area contributed by atoms with Gasteiger partial charge in [0, 0.05) is 30.4 Å². The molecular weight excluding hydrogens is 292 g/mol. The van der Waals surface area contributed by atoms with E-state index in [0.29, 0.717) is 25.8 Å². The number of hydrogen-bond donors (Lipinski definition) is 1. The summed E-state index contributed by atoms with van der Waals surface area (Å²) in [4.78, 5) is 12.5. The van der Waals surface area contributed by atoms with Crippen molar-refractivity contribution in [1.29, 1.82) is 0 Å². The molecule has 0 aromatic carbocycles. The van der Waals surface area contributed by atoms with Crippen molar-refractivity contribution in [3.05, 3.63) is 23.0 Å². The van der Waals surface area contributed by atoms with Gasteiger partial charge in [0.15, 0.2) is 5.79 Å². The van der Waals surface area contributed by atoms with Gasteiger partial charge in [-0.05, 0) is 46.6 Å². The molecule has 1 amide bonds. The molecule has 1 saturated heterocycles. The first-order valence-electron chi connectivity index (χ1n) is 8.48. The van der Waals surface area contributed by atoms with E-state index >= 15 is 0 Å². The van der Waals surface area contributed by atoms with E-state index in [-0.39, 0.29) is 11.8 Å². The Kier molecular flexibility index (Phi) is 5.53. The largest absolute Gasteiger partial charge is 0.352 e. The highest BCUT2D eigenvalue weighted by Gasteiger charge is 2.32. The number of hydrogen-bond acceptors (Lipinski definition) is 3. The monoisotopic (exact) mass is 322 g/mol. The predicted molar refractivity (Wildman–Crippen MR) is 90.7 cm³/mol. The van der Waals surface area contributed by atoms with Crippen LogP contribution in [-0.2, 0) is 9.47 Å². The third-order valence-corrected chi connectivity index (χ3v) is 4.47. The zero-order valence-electron chi connectivity index (χ0n) is 15.2. The molecule has 1 aromatic heterocycles. The van der Waals surface area contributed by atoms with Crippen LogP contribution in [0.2, 0.25) is 0 Å². The van der Waals surface area contributed by atoms with Gasteiger partial charge in [-0.25, -0.2) is 0 Å². The normalized spacial score (nSPS) is 18.4. The zero-order valence-corrected chi connectivity index (χ0v) is 15.2. The summed E-state index contributed by atoms with van der Waals surface area (Å²) in [7, 11) is 0. The number of nitrogens with zero attached hydrogens (tertiary/aromatic N) is 1. The summed E-state index contributed by atoms with van der Waals surface area (Å²) in [5.74, 6) is -0.219. The number of carbonyl (C=O) groups excluding carboxylic acids is 1. The molecule has 0 bridgehead atoms. The molecule has 1 atom stereocenters. The molecule has 1 aliphatic heterocycles. The summed E-state index contributed by atoms with van der Waals surface area (Å²) < 4.78 is 13.5. The lowest BCUT2D eigenvalue weighted by molar-refractivity contribution is -0.153. The Bertz CT molecular complexity index is 557. The van der Waals surface area contributed by atoms with Gasteiger partial charge in [-0.2, -0.15) is 0 Å². The number of ether oxygens (including phenoxy) is 2. The highest BCUT2D eigenvalue weighted by molar-refractivity contribution is 5.95. The third-order valence-electron chi connectivity index (χ3n) is 4.47. The number of carbonyl (C=O) groups is 1. The van der Waals surface area contributed by atoms with Crippen LogP contribution >= 0.6 is 0 Å². The van der Waals surface area contributed by atoms with E-state index in [1.165, 1.54) is 0 Å². The molecule has 1 aromatic rings. The lowest BCUT2D eigenvalue weighted by Crippen LogP contribution is -2.34. The number of aromatic nitrogens is 1. The maximum absolute atomic E-state index is 12.5. The third kappa shape index (κ3) is 4.15. The molecular formula is C18H30N2O3. The van der Waals surface area contributed by atoms with Crippen LogP contribution in [0.5, 0.6) is 0 Å². The van der Waals surface area contributed by atoms with Crippen LogP contribution in [0.3, 0.4) is 0 Å². The van der Waals surface area contributed by atoms with Crippen molar-refractivity contribution < 1.29 is 14.3 Å². The predicted octanol–water partition coefficient (Wildman–Crippen LogP) is 3.20. The lowest BCUT2D eigenvalue weighted by Gasteiger charge is -2.26. The maximum atomic E-state index is 12.5. The molecule has 0 spiro atoms. The fourth-order valence-electron chi connectivity index (χ4n) is 3.54. The van der Waals surface area contributed by atoms with Crippen molar-refractivity contribution in [2.75, 3.05) is 19.8 Å². The van der Waals surface area contributed by atoms with Crippen LogP contribution in [-0.4, -0.2) is 36.0 Å². The topological polar surface area (TPSA) is 52.5 Å². The van der Waals surface area contributed by atoms with Crippen molar-refractivity contribution in [3.8, 4) is 0 Å². The van der Waals surface area contributed by atoms with Crippen LogP contribution in [0.4, 0.5) is 0 Å². The molecule has 23 heavy (non-hydrogen) atoms. The molecule has 0 saturated carbocycles. The van der Waals surface area contributed by atoms with Crippen LogP contribution in [0.1, 0.15) is 61.9 Å². The van der Waals surface area contributed by atoms with E-state index in [4.69, 9.17) is 9.47 Å². The summed E-state index contributed by atoms with van der Waals surface area (Å²) in [6.45, 7) is 14.3. The van der Waals surface area contributed by atoms with Crippen LogP contribution in [0, 0.1) is 19.8 Å². The summed E-state index contributed by atoms with van der Waals surface area (Å²) in [5.41, 5.74) is 2.91. The average molecular weight is 322 g/mol. The number of rotatable bonds is 6. The first-order valence-corrected chi connectivity index (χ1v) is 8.48. The Morgan fingerprint density at radius 3 is 2.43 bits per heavy atom. The summed E-state index contributed by atoms with van der Waals surface area (Å²) in [6.07, 6.45) is 0.776. The minimum absolute atomic E-state index is 0.00439. The fourth-order valence-corrected chi connectivity index (χ4v) is 3.54. The fraction of sp³-hybridized carbons (Fsp3) is 0.722. The van der Waals surface area contributed by atoms with Crippen molar-refractivity contribution in [3.63, 3.8) is 0 Å². The van der Waals surface area contributed by atoms with Gasteiger partial charge >= 0.3 is 0 Å². The first-order chi connectivity index (χ1) is 10.7. The van der Waals surface area contributed by atoms with E-state index in [0.717, 1.165) is 23.4 Å². The molecule has 5 nitrogen and oxygen atoms in total. The maximum Gasteiger partial charge on any atom is 0.253 e. The molecule has 1 N–H and O–H groups in total. The Balaban J connectivity index is 1.93. The molecule has 130 valence electrons. The van der Waals surface area contributed by atoms with Gasteiger partial charge < -0.3 is 19.4 Å². The Morgan fingerprint density at radius 1 is 1.30 bits per heavy atom. The number of nitrogens with one attached hydrogen (secondary N) is 1. The van der Waals surface area contributed by atoms with Gasteiger partial charge in [-0.15, -0.1) is 0 Å². The molecule has 0 radical (unpaired) electrons. The summed E-state index contributed by atoms with van der Waals surface area (Å²) in [6, 6.07) is 2.33. The second-order valence-corrected chi connectivity index (χ2v) is 7.10. The molecule has 0 aliphatic carbocycles. The highest BCUT2D eigenvalue weighted by atomic mass is 16.7. The highest BCUT2D eigenvalue weighted by Crippen LogP contribution is 2.26. The van der Waals surface area contributed by atoms with Crippen molar-refractivity contribution in [1.82, 2.24) is 9.88 Å².